The minimum absolute atomic E-state index is 0.00323. The number of H-pyrrole nitrogens is 2. The number of carboxylic acids is 1. The van der Waals surface area contributed by atoms with Gasteiger partial charge in [-0.3, -0.25) is 14.4 Å². The first-order chi connectivity index (χ1) is 23.5. The molecule has 256 valence electrons. The van der Waals surface area contributed by atoms with Gasteiger partial charge in [-0.2, -0.15) is 0 Å². The minimum atomic E-state index is -1.31. The molecule has 0 bridgehead atoms. The fourth-order valence-corrected chi connectivity index (χ4v) is 5.95. The van der Waals surface area contributed by atoms with Gasteiger partial charge < -0.3 is 41.9 Å². The molecule has 0 spiro atoms. The molecule has 0 saturated heterocycles. The second-order valence-electron chi connectivity index (χ2n) is 12.8. The summed E-state index contributed by atoms with van der Waals surface area (Å²) < 4.78 is 0. The number of aliphatic carboxylic acids is 1. The minimum Gasteiger partial charge on any atom is -0.508 e. The number of carbonyl (C=O) groups is 4. The Labute approximate surface area is 283 Å². The lowest BCUT2D eigenvalue weighted by molar-refractivity contribution is -0.142. The Bertz CT molecular complexity index is 1930. The number of hydrogen-bond donors (Lipinski definition) is 8. The summed E-state index contributed by atoms with van der Waals surface area (Å²) >= 11 is 0. The number of benzene rings is 3. The fourth-order valence-electron chi connectivity index (χ4n) is 5.95. The van der Waals surface area contributed by atoms with Crippen LogP contribution in [-0.2, 0) is 38.4 Å². The Kier molecular flexibility index (Phi) is 11.0. The molecule has 0 fully saturated rings. The topological polar surface area (TPSA) is 202 Å². The van der Waals surface area contributed by atoms with Gasteiger partial charge in [0.1, 0.15) is 23.9 Å². The van der Waals surface area contributed by atoms with E-state index >= 15 is 0 Å². The Morgan fingerprint density at radius 3 is 1.76 bits per heavy atom. The highest BCUT2D eigenvalue weighted by atomic mass is 16.4. The van der Waals surface area contributed by atoms with E-state index in [1.54, 1.807) is 18.3 Å². The van der Waals surface area contributed by atoms with Crippen LogP contribution in [0.1, 0.15) is 37.0 Å². The lowest BCUT2D eigenvalue weighted by Crippen LogP contribution is -2.58. The van der Waals surface area contributed by atoms with Crippen molar-refractivity contribution in [2.24, 2.45) is 11.7 Å². The van der Waals surface area contributed by atoms with Crippen LogP contribution in [0.5, 0.6) is 5.75 Å². The number of carbonyl (C=O) groups excluding carboxylic acids is 3. The van der Waals surface area contributed by atoms with Gasteiger partial charge >= 0.3 is 5.97 Å². The van der Waals surface area contributed by atoms with E-state index in [1.165, 1.54) is 12.1 Å². The molecule has 2 heterocycles. The van der Waals surface area contributed by atoms with Crippen molar-refractivity contribution in [1.29, 1.82) is 0 Å². The van der Waals surface area contributed by atoms with Gasteiger partial charge in [0.25, 0.3) is 0 Å². The van der Waals surface area contributed by atoms with Crippen LogP contribution in [0.4, 0.5) is 0 Å². The number of aromatic amines is 2. The number of rotatable bonds is 15. The summed E-state index contributed by atoms with van der Waals surface area (Å²) in [6.45, 7) is 3.82. The van der Waals surface area contributed by atoms with Crippen molar-refractivity contribution < 1.29 is 29.4 Å². The SMILES string of the molecule is CC(C)CC(NC(=O)C(N)Cc1c[nH]c2ccccc12)C(=O)NC(Cc1c[nH]c2ccccc12)C(=O)NC(Cc1ccc(O)cc1)C(=O)O. The molecule has 5 rings (SSSR count). The van der Waals surface area contributed by atoms with Gasteiger partial charge in [-0.15, -0.1) is 0 Å². The van der Waals surface area contributed by atoms with Crippen molar-refractivity contribution in [3.8, 4) is 5.75 Å². The maximum Gasteiger partial charge on any atom is 0.326 e. The monoisotopic (exact) mass is 666 g/mol. The van der Waals surface area contributed by atoms with Crippen LogP contribution in [0, 0.1) is 5.92 Å². The van der Waals surface area contributed by atoms with Gasteiger partial charge in [0.2, 0.25) is 17.7 Å². The lowest BCUT2D eigenvalue weighted by atomic mass is 9.99. The number of phenolic OH excluding ortho intramolecular Hbond substituents is 1. The summed E-state index contributed by atoms with van der Waals surface area (Å²) in [5, 5.41) is 29.6. The lowest BCUT2D eigenvalue weighted by Gasteiger charge is -2.26. The molecule has 4 unspecified atom stereocenters. The average Bonchev–Trinajstić information content (AvgIpc) is 3.68. The van der Waals surface area contributed by atoms with Crippen LogP contribution in [0.3, 0.4) is 0 Å². The number of phenols is 1. The maximum atomic E-state index is 13.9. The van der Waals surface area contributed by atoms with Crippen LogP contribution in [0.25, 0.3) is 21.8 Å². The molecule has 0 aliphatic carbocycles. The van der Waals surface area contributed by atoms with Gasteiger partial charge in [-0.05, 0) is 59.7 Å². The molecule has 49 heavy (non-hydrogen) atoms. The first-order valence-electron chi connectivity index (χ1n) is 16.3. The zero-order chi connectivity index (χ0) is 35.1. The third-order valence-electron chi connectivity index (χ3n) is 8.51. The molecule has 0 saturated carbocycles. The molecule has 3 aromatic carbocycles. The number of nitrogens with one attached hydrogen (secondary N) is 5. The average molecular weight is 667 g/mol. The van der Waals surface area contributed by atoms with Crippen molar-refractivity contribution >= 4 is 45.5 Å². The van der Waals surface area contributed by atoms with E-state index in [0.29, 0.717) is 5.56 Å². The second kappa shape index (κ2) is 15.5. The van der Waals surface area contributed by atoms with Crippen molar-refractivity contribution in [2.45, 2.75) is 63.7 Å². The molecule has 4 atom stereocenters. The third kappa shape index (κ3) is 8.85. The van der Waals surface area contributed by atoms with Crippen LogP contribution in [0.2, 0.25) is 0 Å². The zero-order valence-corrected chi connectivity index (χ0v) is 27.4. The maximum absolute atomic E-state index is 13.9. The quantitative estimate of drug-likeness (QED) is 0.0837. The van der Waals surface area contributed by atoms with Crippen molar-refractivity contribution in [3.05, 3.63) is 102 Å². The molecule has 12 heteroatoms. The normalized spacial score (nSPS) is 13.9. The van der Waals surface area contributed by atoms with Crippen LogP contribution < -0.4 is 21.7 Å². The molecule has 12 nitrogen and oxygen atoms in total. The molecule has 0 aliphatic rings. The molecule has 5 aromatic rings. The summed E-state index contributed by atoms with van der Waals surface area (Å²) in [5.74, 6) is -3.02. The highest BCUT2D eigenvalue weighted by molar-refractivity contribution is 5.95. The van der Waals surface area contributed by atoms with Crippen LogP contribution >= 0.6 is 0 Å². The number of carboxylic acid groups (broad SMARTS) is 1. The second-order valence-corrected chi connectivity index (χ2v) is 12.8. The Morgan fingerprint density at radius 2 is 1.18 bits per heavy atom. The summed E-state index contributed by atoms with van der Waals surface area (Å²) in [6, 6.07) is 16.8. The number of nitrogens with two attached hydrogens (primary N) is 1. The third-order valence-corrected chi connectivity index (χ3v) is 8.51. The van der Waals surface area contributed by atoms with E-state index in [2.05, 4.69) is 25.9 Å². The Morgan fingerprint density at radius 1 is 0.673 bits per heavy atom. The summed E-state index contributed by atoms with van der Waals surface area (Å²) in [4.78, 5) is 59.6. The van der Waals surface area contributed by atoms with E-state index in [4.69, 9.17) is 5.73 Å². The number of hydrogen-bond acceptors (Lipinski definition) is 6. The predicted octanol–water partition coefficient (Wildman–Crippen LogP) is 3.30. The number of para-hydroxylation sites is 2. The van der Waals surface area contributed by atoms with Gasteiger partial charge in [0.05, 0.1) is 6.04 Å². The Hall–Kier alpha value is -5.62. The molecule has 9 N–H and O–H groups in total. The van der Waals surface area contributed by atoms with E-state index < -0.39 is 47.9 Å². The summed E-state index contributed by atoms with van der Waals surface area (Å²) in [6.07, 6.45) is 4.09. The van der Waals surface area contributed by atoms with Crippen molar-refractivity contribution in [3.63, 3.8) is 0 Å². The first-order valence-corrected chi connectivity index (χ1v) is 16.3. The molecular weight excluding hydrogens is 624 g/mol. The first kappa shape index (κ1) is 34.7. The summed E-state index contributed by atoms with van der Waals surface area (Å²) in [5.41, 5.74) is 10.3. The van der Waals surface area contributed by atoms with E-state index in [1.807, 2.05) is 68.6 Å². The van der Waals surface area contributed by atoms with E-state index in [-0.39, 0.29) is 37.4 Å². The number of amides is 3. The molecule has 0 radical (unpaired) electrons. The largest absolute Gasteiger partial charge is 0.508 e. The zero-order valence-electron chi connectivity index (χ0n) is 27.4. The van der Waals surface area contributed by atoms with Gasteiger partial charge in [0.15, 0.2) is 0 Å². The number of fused-ring (bicyclic) bond motifs is 2. The predicted molar refractivity (Wildman–Crippen MR) is 187 cm³/mol. The highest BCUT2D eigenvalue weighted by Gasteiger charge is 2.31. The Balaban J connectivity index is 1.34. The van der Waals surface area contributed by atoms with E-state index in [0.717, 1.165) is 32.9 Å². The van der Waals surface area contributed by atoms with Gasteiger partial charge in [0, 0.05) is 47.0 Å². The highest BCUT2D eigenvalue weighted by Crippen LogP contribution is 2.21. The van der Waals surface area contributed by atoms with Crippen LogP contribution in [0.15, 0.2) is 85.2 Å². The smallest absolute Gasteiger partial charge is 0.326 e. The molecule has 3 amide bonds. The van der Waals surface area contributed by atoms with Gasteiger partial charge in [-0.25, -0.2) is 4.79 Å². The summed E-state index contributed by atoms with van der Waals surface area (Å²) in [7, 11) is 0. The van der Waals surface area contributed by atoms with Crippen LogP contribution in [-0.4, -0.2) is 68.0 Å². The van der Waals surface area contributed by atoms with E-state index in [9.17, 15) is 29.4 Å². The van der Waals surface area contributed by atoms with Crippen molar-refractivity contribution in [2.75, 3.05) is 0 Å². The number of aromatic nitrogens is 2. The molecule has 2 aromatic heterocycles. The number of aromatic hydroxyl groups is 1. The van der Waals surface area contributed by atoms with Crippen molar-refractivity contribution in [1.82, 2.24) is 25.9 Å². The van der Waals surface area contributed by atoms with Gasteiger partial charge in [-0.1, -0.05) is 62.4 Å². The fraction of sp³-hybridized carbons (Fsp3) is 0.297. The molecular formula is C37H42N6O6. The molecule has 0 aliphatic heterocycles. The standard InChI is InChI=1S/C37H42N6O6/c1-21(2)15-31(41-34(45)28(38)17-23-19-39-29-9-5-3-7-26(23)29)35(46)42-32(18-24-20-40-30-10-6-4-8-27(24)30)36(47)43-33(37(48)49)16-22-11-13-25(44)14-12-22/h3-14,19-21,28,31-33,39-40,44H,15-18,38H2,1-2H3,(H,41,45)(H,42,46)(H,43,47)(H,48,49).